The topological polar surface area (TPSA) is 91.9 Å². The van der Waals surface area contributed by atoms with Gasteiger partial charge in [0.25, 0.3) is 5.91 Å². The number of hydrogen-bond donors (Lipinski definition) is 2. The minimum atomic E-state index is -3.33. The first kappa shape index (κ1) is 20.3. The van der Waals surface area contributed by atoms with Crippen LogP contribution in [-0.2, 0) is 16.3 Å². The van der Waals surface area contributed by atoms with Gasteiger partial charge in [0.15, 0.2) is 9.84 Å². The van der Waals surface area contributed by atoms with E-state index in [1.54, 1.807) is 36.5 Å². The van der Waals surface area contributed by atoms with Crippen molar-refractivity contribution in [1.82, 2.24) is 15.3 Å². The molecule has 6 nitrogen and oxygen atoms in total. The first-order valence-corrected chi connectivity index (χ1v) is 12.1. The molecule has 4 rings (SSSR count). The van der Waals surface area contributed by atoms with Crippen LogP contribution in [0.25, 0.3) is 11.0 Å². The minimum Gasteiger partial charge on any atom is -0.351 e. The highest BCUT2D eigenvalue weighted by Gasteiger charge is 2.16. The molecule has 3 heterocycles. The fraction of sp³-hybridized carbons (Fsp3) is 0.182. The number of hydrogen-bond acceptors (Lipinski definition) is 5. The van der Waals surface area contributed by atoms with Gasteiger partial charge in [-0.3, -0.25) is 4.79 Å². The Balaban J connectivity index is 1.36. The maximum Gasteiger partial charge on any atom is 0.261 e. The molecule has 30 heavy (non-hydrogen) atoms. The van der Waals surface area contributed by atoms with Crippen molar-refractivity contribution in [3.63, 3.8) is 0 Å². The van der Waals surface area contributed by atoms with Crippen molar-refractivity contribution in [2.24, 2.45) is 0 Å². The Morgan fingerprint density at radius 3 is 2.73 bits per heavy atom. The monoisotopic (exact) mass is 439 g/mol. The summed E-state index contributed by atoms with van der Waals surface area (Å²) in [5.74, 6) is -0.173. The van der Waals surface area contributed by atoms with E-state index < -0.39 is 9.84 Å². The Kier molecular flexibility index (Phi) is 5.96. The van der Waals surface area contributed by atoms with Crippen LogP contribution in [-0.4, -0.2) is 36.6 Å². The molecule has 0 aliphatic carbocycles. The van der Waals surface area contributed by atoms with Gasteiger partial charge < -0.3 is 10.3 Å². The predicted molar refractivity (Wildman–Crippen MR) is 119 cm³/mol. The van der Waals surface area contributed by atoms with Crippen LogP contribution in [0.4, 0.5) is 0 Å². The van der Waals surface area contributed by atoms with Gasteiger partial charge in [-0.2, -0.15) is 0 Å². The molecule has 0 aliphatic heterocycles. The van der Waals surface area contributed by atoms with Crippen LogP contribution in [0, 0.1) is 0 Å². The zero-order valence-corrected chi connectivity index (χ0v) is 17.8. The van der Waals surface area contributed by atoms with E-state index in [0.29, 0.717) is 29.2 Å². The molecule has 0 unspecified atom stereocenters. The average Bonchev–Trinajstić information content (AvgIpc) is 3.42. The van der Waals surface area contributed by atoms with Crippen LogP contribution in [0.2, 0.25) is 0 Å². The lowest BCUT2D eigenvalue weighted by Crippen LogP contribution is -2.26. The molecule has 2 N–H and O–H groups in total. The van der Waals surface area contributed by atoms with E-state index >= 15 is 0 Å². The lowest BCUT2D eigenvalue weighted by atomic mass is 10.0. The molecule has 8 heteroatoms. The van der Waals surface area contributed by atoms with Crippen molar-refractivity contribution in [1.29, 1.82) is 0 Å². The molecule has 1 amide bonds. The summed E-state index contributed by atoms with van der Waals surface area (Å²) in [6.45, 7) is 0.305. The average molecular weight is 440 g/mol. The second kappa shape index (κ2) is 8.81. The molecule has 0 spiro atoms. The van der Waals surface area contributed by atoms with Crippen molar-refractivity contribution in [3.8, 4) is 0 Å². The third-order valence-electron chi connectivity index (χ3n) is 4.86. The number of thiophene rings is 1. The van der Waals surface area contributed by atoms with Gasteiger partial charge in [-0.15, -0.1) is 11.3 Å². The number of carbonyl (C=O) groups is 1. The van der Waals surface area contributed by atoms with E-state index in [0.717, 1.165) is 22.2 Å². The summed E-state index contributed by atoms with van der Waals surface area (Å²) in [5.41, 5.74) is 2.87. The highest BCUT2D eigenvalue weighted by atomic mass is 32.2. The molecule has 1 aromatic carbocycles. The highest BCUT2D eigenvalue weighted by molar-refractivity contribution is 7.91. The fourth-order valence-corrected chi connectivity index (χ4v) is 5.51. The first-order chi connectivity index (χ1) is 14.5. The minimum absolute atomic E-state index is 0.00290. The normalized spacial score (nSPS) is 11.6. The zero-order chi connectivity index (χ0) is 21.0. The number of benzene rings is 1. The molecular weight excluding hydrogens is 418 g/mol. The number of pyridine rings is 1. The number of aromatic amines is 1. The molecule has 0 bridgehead atoms. The number of rotatable bonds is 8. The quantitative estimate of drug-likeness (QED) is 0.409. The van der Waals surface area contributed by atoms with Crippen LogP contribution < -0.4 is 5.32 Å². The molecule has 0 radical (unpaired) electrons. The Bertz CT molecular complexity index is 1260. The molecule has 0 aliphatic rings. The number of nitrogens with one attached hydrogen (secondary N) is 2. The summed E-state index contributed by atoms with van der Waals surface area (Å²) in [5, 5.41) is 5.80. The van der Waals surface area contributed by atoms with Crippen LogP contribution in [0.15, 0.2) is 71.2 Å². The summed E-state index contributed by atoms with van der Waals surface area (Å²) in [7, 11) is -3.33. The standard InChI is InChI=1S/C22H21N3O3S2/c26-22(25-10-4-14-30(27,28)18-5-2-1-3-6-18)20-17(9-13-29-20)15-16-7-11-23-21-19(16)8-12-24-21/h1-3,5-9,11-13H,4,10,14-15H2,(H,23,24)(H,25,26). The van der Waals surface area contributed by atoms with Gasteiger partial charge in [-0.1, -0.05) is 18.2 Å². The Labute approximate surface area is 178 Å². The second-order valence-corrected chi connectivity index (χ2v) is 9.93. The van der Waals surface area contributed by atoms with E-state index in [-0.39, 0.29) is 11.7 Å². The van der Waals surface area contributed by atoms with Crippen molar-refractivity contribution in [2.75, 3.05) is 12.3 Å². The van der Waals surface area contributed by atoms with Crippen LogP contribution in [0.1, 0.15) is 27.2 Å². The van der Waals surface area contributed by atoms with Gasteiger partial charge in [0.1, 0.15) is 5.65 Å². The maximum absolute atomic E-state index is 12.7. The number of nitrogens with zero attached hydrogens (tertiary/aromatic N) is 1. The highest BCUT2D eigenvalue weighted by Crippen LogP contribution is 2.24. The van der Waals surface area contributed by atoms with Crippen molar-refractivity contribution in [3.05, 3.63) is 82.3 Å². The summed E-state index contributed by atoms with van der Waals surface area (Å²) in [6.07, 6.45) is 4.60. The lowest BCUT2D eigenvalue weighted by Gasteiger charge is -2.08. The van der Waals surface area contributed by atoms with E-state index in [1.165, 1.54) is 11.3 Å². The van der Waals surface area contributed by atoms with Gasteiger partial charge in [0.05, 0.1) is 15.5 Å². The Hall–Kier alpha value is -2.97. The van der Waals surface area contributed by atoms with E-state index in [4.69, 9.17) is 0 Å². The number of H-pyrrole nitrogens is 1. The first-order valence-electron chi connectivity index (χ1n) is 9.58. The summed E-state index contributed by atoms with van der Waals surface area (Å²) >= 11 is 1.39. The summed E-state index contributed by atoms with van der Waals surface area (Å²) < 4.78 is 24.7. The van der Waals surface area contributed by atoms with Gasteiger partial charge in [-0.05, 0) is 59.7 Å². The van der Waals surface area contributed by atoms with Gasteiger partial charge in [0.2, 0.25) is 0 Å². The third kappa shape index (κ3) is 4.44. The molecule has 4 aromatic rings. The third-order valence-corrected chi connectivity index (χ3v) is 7.63. The Morgan fingerprint density at radius 1 is 1.07 bits per heavy atom. The number of amides is 1. The molecule has 0 saturated carbocycles. The number of fused-ring (bicyclic) bond motifs is 1. The van der Waals surface area contributed by atoms with Gasteiger partial charge >= 0.3 is 0 Å². The molecule has 0 atom stereocenters. The van der Waals surface area contributed by atoms with Crippen LogP contribution in [0.5, 0.6) is 0 Å². The molecule has 154 valence electrons. The second-order valence-electron chi connectivity index (χ2n) is 6.90. The lowest BCUT2D eigenvalue weighted by molar-refractivity contribution is 0.0957. The smallest absolute Gasteiger partial charge is 0.261 e. The number of sulfone groups is 1. The van der Waals surface area contributed by atoms with Crippen molar-refractivity contribution in [2.45, 2.75) is 17.7 Å². The fourth-order valence-electron chi connectivity index (χ4n) is 3.34. The molecule has 0 fully saturated rings. The van der Waals surface area contributed by atoms with Crippen LogP contribution in [0.3, 0.4) is 0 Å². The van der Waals surface area contributed by atoms with Gasteiger partial charge in [0, 0.05) is 24.3 Å². The largest absolute Gasteiger partial charge is 0.351 e. The van der Waals surface area contributed by atoms with Gasteiger partial charge in [-0.25, -0.2) is 13.4 Å². The van der Waals surface area contributed by atoms with E-state index in [1.807, 2.05) is 29.8 Å². The molecular formula is C22H21N3O3S2. The molecule has 0 saturated heterocycles. The van der Waals surface area contributed by atoms with E-state index in [2.05, 4.69) is 15.3 Å². The molecule has 3 aromatic heterocycles. The van der Waals surface area contributed by atoms with Crippen LogP contribution >= 0.6 is 11.3 Å². The predicted octanol–water partition coefficient (Wildman–Crippen LogP) is 3.81. The Morgan fingerprint density at radius 2 is 1.90 bits per heavy atom. The van der Waals surface area contributed by atoms with Crippen molar-refractivity contribution >= 4 is 38.1 Å². The summed E-state index contributed by atoms with van der Waals surface area (Å²) in [4.78, 5) is 21.0. The van der Waals surface area contributed by atoms with Crippen molar-refractivity contribution < 1.29 is 13.2 Å². The number of carbonyl (C=O) groups excluding carboxylic acids is 1. The zero-order valence-electron chi connectivity index (χ0n) is 16.2. The number of aromatic nitrogens is 2. The SMILES string of the molecule is O=C(NCCCS(=O)(=O)c1ccccc1)c1sccc1Cc1ccnc2[nH]ccc12. The summed E-state index contributed by atoms with van der Waals surface area (Å²) in [6, 6.07) is 14.3. The maximum atomic E-state index is 12.7. The van der Waals surface area contributed by atoms with E-state index in [9.17, 15) is 13.2 Å².